The summed E-state index contributed by atoms with van der Waals surface area (Å²) in [5, 5.41) is 13.9. The van der Waals surface area contributed by atoms with E-state index < -0.39 is 0 Å². The fourth-order valence-corrected chi connectivity index (χ4v) is 2.46. The van der Waals surface area contributed by atoms with E-state index in [4.69, 9.17) is 11.6 Å². The topological polar surface area (TPSA) is 88.9 Å². The summed E-state index contributed by atoms with van der Waals surface area (Å²) in [6.45, 7) is 0.454. The number of hydrogen-bond acceptors (Lipinski definition) is 4. The number of nitrogens with zero attached hydrogens (tertiary/aromatic N) is 3. The van der Waals surface area contributed by atoms with Gasteiger partial charge < -0.3 is 10.6 Å². The molecular weight excluding hydrogens is 330 g/mol. The Labute approximate surface area is 144 Å². The van der Waals surface area contributed by atoms with Gasteiger partial charge >= 0.3 is 0 Å². The molecule has 2 amide bonds. The van der Waals surface area contributed by atoms with Gasteiger partial charge in [-0.1, -0.05) is 35.4 Å². The van der Waals surface area contributed by atoms with Gasteiger partial charge in [-0.15, -0.1) is 5.10 Å². The largest absolute Gasteiger partial charge is 0.350 e. The van der Waals surface area contributed by atoms with Crippen LogP contribution in [0.5, 0.6) is 0 Å². The van der Waals surface area contributed by atoms with Crippen LogP contribution in [0.3, 0.4) is 0 Å². The first kappa shape index (κ1) is 16.4. The summed E-state index contributed by atoms with van der Waals surface area (Å²) in [5.41, 5.74) is 0.958. The summed E-state index contributed by atoms with van der Waals surface area (Å²) in [6, 6.07) is 7.26. The van der Waals surface area contributed by atoms with Gasteiger partial charge in [0.25, 0.3) is 0 Å². The molecule has 8 heteroatoms. The van der Waals surface area contributed by atoms with Crippen molar-refractivity contribution in [1.82, 2.24) is 20.3 Å². The molecule has 0 atom stereocenters. The van der Waals surface area contributed by atoms with Crippen LogP contribution in [0, 0.1) is 5.92 Å². The van der Waals surface area contributed by atoms with Crippen LogP contribution < -0.4 is 10.6 Å². The smallest absolute Gasteiger partial charge is 0.242 e. The molecule has 1 aromatic heterocycles. The normalized spacial score (nSPS) is 14.0. The molecule has 0 radical (unpaired) electrons. The number of hydrogen-bond donors (Lipinski definition) is 2. The second-order valence-electron chi connectivity index (χ2n) is 5.82. The highest BCUT2D eigenvalue weighted by Crippen LogP contribution is 2.27. The molecule has 0 unspecified atom stereocenters. The van der Waals surface area contributed by atoms with Crippen LogP contribution in [-0.4, -0.2) is 26.8 Å². The Balaban J connectivity index is 1.46. The van der Waals surface area contributed by atoms with Crippen molar-refractivity contribution < 1.29 is 9.59 Å². The molecule has 3 rings (SSSR count). The molecule has 1 aliphatic carbocycles. The Bertz CT molecular complexity index is 724. The maximum Gasteiger partial charge on any atom is 0.242 e. The van der Waals surface area contributed by atoms with Crippen LogP contribution in [0.4, 0.5) is 5.82 Å². The van der Waals surface area contributed by atoms with Crippen molar-refractivity contribution in [2.24, 2.45) is 5.92 Å². The number of rotatable bonds is 6. The van der Waals surface area contributed by atoms with Gasteiger partial charge in [-0.05, 0) is 30.5 Å². The first-order valence-electron chi connectivity index (χ1n) is 7.82. The number of halogens is 1. The standard InChI is InChI=1S/C16H18ClN5O2/c17-13-6-4-11(5-7-13)8-18-15(23)10-22-9-14(20-21-22)19-16(24)12-2-1-3-12/h4-7,9,12H,1-3,8,10H2,(H,18,23)(H,19,24). The lowest BCUT2D eigenvalue weighted by Crippen LogP contribution is -2.28. The Morgan fingerprint density at radius 2 is 2.00 bits per heavy atom. The Kier molecular flexibility index (Phi) is 5.10. The van der Waals surface area contributed by atoms with Gasteiger partial charge in [0, 0.05) is 17.5 Å². The molecular formula is C16H18ClN5O2. The zero-order valence-electron chi connectivity index (χ0n) is 13.0. The predicted molar refractivity (Wildman–Crippen MR) is 89.3 cm³/mol. The molecule has 7 nitrogen and oxygen atoms in total. The summed E-state index contributed by atoms with van der Waals surface area (Å²) in [4.78, 5) is 23.8. The average Bonchev–Trinajstić information content (AvgIpc) is 2.91. The zero-order chi connectivity index (χ0) is 16.9. The van der Waals surface area contributed by atoms with E-state index in [1.165, 1.54) is 4.68 Å². The number of carbonyl (C=O) groups excluding carboxylic acids is 2. The van der Waals surface area contributed by atoms with Gasteiger partial charge in [-0.2, -0.15) is 0 Å². The van der Waals surface area contributed by atoms with Crippen molar-refractivity contribution in [3.63, 3.8) is 0 Å². The first-order valence-corrected chi connectivity index (χ1v) is 8.20. The van der Waals surface area contributed by atoms with Crippen LogP contribution in [-0.2, 0) is 22.7 Å². The minimum absolute atomic E-state index is 0.0273. The van der Waals surface area contributed by atoms with E-state index in [9.17, 15) is 9.59 Å². The van der Waals surface area contributed by atoms with Crippen LogP contribution in [0.15, 0.2) is 30.5 Å². The van der Waals surface area contributed by atoms with E-state index in [1.807, 2.05) is 12.1 Å². The average molecular weight is 348 g/mol. The lowest BCUT2D eigenvalue weighted by atomic mass is 9.85. The quantitative estimate of drug-likeness (QED) is 0.836. The second-order valence-corrected chi connectivity index (χ2v) is 6.26. The molecule has 1 saturated carbocycles. The van der Waals surface area contributed by atoms with Crippen molar-refractivity contribution in [2.75, 3.05) is 5.32 Å². The minimum Gasteiger partial charge on any atom is -0.350 e. The molecule has 0 aliphatic heterocycles. The van der Waals surface area contributed by atoms with Crippen molar-refractivity contribution in [3.8, 4) is 0 Å². The lowest BCUT2D eigenvalue weighted by molar-refractivity contribution is -0.122. The highest BCUT2D eigenvalue weighted by atomic mass is 35.5. The van der Waals surface area contributed by atoms with Crippen LogP contribution in [0.25, 0.3) is 0 Å². The maximum atomic E-state index is 11.9. The number of carbonyl (C=O) groups is 2. The van der Waals surface area contributed by atoms with Gasteiger partial charge in [0.15, 0.2) is 5.82 Å². The third-order valence-corrected chi connectivity index (χ3v) is 4.23. The number of aromatic nitrogens is 3. The summed E-state index contributed by atoms with van der Waals surface area (Å²) in [7, 11) is 0. The van der Waals surface area contributed by atoms with Gasteiger partial charge in [0.2, 0.25) is 11.8 Å². The monoisotopic (exact) mass is 347 g/mol. The highest BCUT2D eigenvalue weighted by Gasteiger charge is 2.25. The molecule has 0 spiro atoms. The SMILES string of the molecule is O=C(Cn1cc(NC(=O)C2CCC2)nn1)NCc1ccc(Cl)cc1. The van der Waals surface area contributed by atoms with Crippen molar-refractivity contribution in [2.45, 2.75) is 32.4 Å². The molecule has 126 valence electrons. The Morgan fingerprint density at radius 3 is 2.67 bits per heavy atom. The fourth-order valence-electron chi connectivity index (χ4n) is 2.34. The van der Waals surface area contributed by atoms with Gasteiger partial charge in [0.1, 0.15) is 6.54 Å². The van der Waals surface area contributed by atoms with Crippen molar-refractivity contribution in [3.05, 3.63) is 41.0 Å². The highest BCUT2D eigenvalue weighted by molar-refractivity contribution is 6.30. The molecule has 1 aliphatic rings. The summed E-state index contributed by atoms with van der Waals surface area (Å²) in [6.07, 6.45) is 4.50. The predicted octanol–water partition coefficient (Wildman–Crippen LogP) is 1.99. The van der Waals surface area contributed by atoms with Crippen LogP contribution >= 0.6 is 11.6 Å². The van der Waals surface area contributed by atoms with E-state index in [0.717, 1.165) is 24.8 Å². The molecule has 24 heavy (non-hydrogen) atoms. The molecule has 1 aromatic carbocycles. The maximum absolute atomic E-state index is 11.9. The van der Waals surface area contributed by atoms with E-state index >= 15 is 0 Å². The molecule has 1 heterocycles. The molecule has 2 aromatic rings. The van der Waals surface area contributed by atoms with E-state index in [-0.39, 0.29) is 24.3 Å². The first-order chi connectivity index (χ1) is 11.6. The number of amides is 2. The van der Waals surface area contributed by atoms with Crippen molar-refractivity contribution in [1.29, 1.82) is 0 Å². The summed E-state index contributed by atoms with van der Waals surface area (Å²) in [5.74, 6) is 0.238. The molecule has 2 N–H and O–H groups in total. The molecule has 1 fully saturated rings. The number of nitrogens with one attached hydrogen (secondary N) is 2. The summed E-state index contributed by atoms with van der Waals surface area (Å²) >= 11 is 5.82. The fraction of sp³-hybridized carbons (Fsp3) is 0.375. The molecule has 0 bridgehead atoms. The zero-order valence-corrected chi connectivity index (χ0v) is 13.8. The minimum atomic E-state index is -0.188. The Morgan fingerprint density at radius 1 is 1.25 bits per heavy atom. The van der Waals surface area contributed by atoms with Crippen molar-refractivity contribution >= 4 is 29.2 Å². The van der Waals surface area contributed by atoms with Gasteiger partial charge in [-0.25, -0.2) is 4.68 Å². The second kappa shape index (κ2) is 7.44. The van der Waals surface area contributed by atoms with E-state index in [1.54, 1.807) is 18.3 Å². The third-order valence-electron chi connectivity index (χ3n) is 3.97. The van der Waals surface area contributed by atoms with E-state index in [2.05, 4.69) is 20.9 Å². The van der Waals surface area contributed by atoms with Gasteiger partial charge in [0.05, 0.1) is 6.20 Å². The third kappa shape index (κ3) is 4.32. The van der Waals surface area contributed by atoms with Gasteiger partial charge in [-0.3, -0.25) is 9.59 Å². The van der Waals surface area contributed by atoms with Crippen LogP contribution in [0.2, 0.25) is 5.02 Å². The lowest BCUT2D eigenvalue weighted by Gasteiger charge is -2.23. The summed E-state index contributed by atoms with van der Waals surface area (Å²) < 4.78 is 1.40. The number of benzene rings is 1. The van der Waals surface area contributed by atoms with E-state index in [0.29, 0.717) is 17.4 Å². The molecule has 0 saturated heterocycles. The number of anilines is 1. The van der Waals surface area contributed by atoms with Crippen LogP contribution in [0.1, 0.15) is 24.8 Å². The Hall–Kier alpha value is -2.41.